The second-order valence-corrected chi connectivity index (χ2v) is 3.11. The highest BCUT2D eigenvalue weighted by Crippen LogP contribution is 2.23. The SMILES string of the molecule is [2H]c1c(C)c2c(C([2H])([2H])O)cccc2n1C. The van der Waals surface area contributed by atoms with Gasteiger partial charge in [-0.3, -0.25) is 0 Å². The van der Waals surface area contributed by atoms with Gasteiger partial charge in [-0.2, -0.15) is 0 Å². The normalized spacial score (nSPS) is 15.5. The van der Waals surface area contributed by atoms with Crippen LogP contribution >= 0.6 is 0 Å². The van der Waals surface area contributed by atoms with Gasteiger partial charge >= 0.3 is 0 Å². The third kappa shape index (κ3) is 1.14. The summed E-state index contributed by atoms with van der Waals surface area (Å²) in [5, 5.41) is 10.1. The minimum absolute atomic E-state index is 0.219. The maximum Gasteiger partial charge on any atom is 0.0821 e. The largest absolute Gasteiger partial charge is 0.392 e. The fourth-order valence-electron chi connectivity index (χ4n) is 1.67. The number of aromatic nitrogens is 1. The lowest BCUT2D eigenvalue weighted by Crippen LogP contribution is -1.87. The van der Waals surface area contributed by atoms with Crippen LogP contribution in [-0.2, 0) is 13.6 Å². The molecule has 1 aromatic heterocycles. The minimum Gasteiger partial charge on any atom is -0.392 e. The Balaban J connectivity index is 2.93. The van der Waals surface area contributed by atoms with Crippen molar-refractivity contribution < 1.29 is 9.22 Å². The van der Waals surface area contributed by atoms with Crippen LogP contribution in [0.1, 0.15) is 15.2 Å². The highest BCUT2D eigenvalue weighted by Gasteiger charge is 2.05. The van der Waals surface area contributed by atoms with Crippen molar-refractivity contribution in [3.05, 3.63) is 35.5 Å². The van der Waals surface area contributed by atoms with Gasteiger partial charge in [0.2, 0.25) is 0 Å². The summed E-state index contributed by atoms with van der Waals surface area (Å²) in [6.07, 6.45) is 0.340. The van der Waals surface area contributed by atoms with E-state index in [1.165, 1.54) is 0 Å². The number of nitrogens with zero attached hydrogens (tertiary/aromatic N) is 1. The van der Waals surface area contributed by atoms with Crippen LogP contribution in [0.2, 0.25) is 0 Å². The molecule has 0 radical (unpaired) electrons. The lowest BCUT2D eigenvalue weighted by Gasteiger charge is -2.00. The molecule has 0 amide bonds. The van der Waals surface area contributed by atoms with Crippen molar-refractivity contribution in [1.82, 2.24) is 4.57 Å². The van der Waals surface area contributed by atoms with E-state index in [4.69, 9.17) is 4.11 Å². The third-order valence-corrected chi connectivity index (χ3v) is 2.23. The third-order valence-electron chi connectivity index (χ3n) is 2.23. The molecule has 2 heteroatoms. The minimum atomic E-state index is -2.38. The van der Waals surface area contributed by atoms with Gasteiger partial charge in [0.05, 0.1) is 10.7 Å². The van der Waals surface area contributed by atoms with Crippen LogP contribution in [0.25, 0.3) is 10.9 Å². The summed E-state index contributed by atoms with van der Waals surface area (Å²) in [6, 6.07) is 5.05. The van der Waals surface area contributed by atoms with Gasteiger partial charge in [0, 0.05) is 24.1 Å². The van der Waals surface area contributed by atoms with E-state index in [1.807, 2.05) is 6.07 Å². The molecule has 0 fully saturated rings. The lowest BCUT2D eigenvalue weighted by atomic mass is 10.1. The Kier molecular flexibility index (Phi) is 1.21. The average Bonchev–Trinajstić information content (AvgIpc) is 2.43. The molecule has 2 rings (SSSR count). The fraction of sp³-hybridized carbons (Fsp3) is 0.273. The van der Waals surface area contributed by atoms with Crippen LogP contribution in [0.3, 0.4) is 0 Å². The molecule has 0 aliphatic heterocycles. The van der Waals surface area contributed by atoms with Crippen LogP contribution in [0.5, 0.6) is 0 Å². The topological polar surface area (TPSA) is 25.2 Å². The number of fused-ring (bicyclic) bond motifs is 1. The summed E-state index contributed by atoms with van der Waals surface area (Å²) in [5.74, 6) is 0. The molecule has 0 bridgehead atoms. The van der Waals surface area contributed by atoms with Gasteiger partial charge < -0.3 is 9.67 Å². The maximum atomic E-state index is 9.47. The predicted octanol–water partition coefficient (Wildman–Crippen LogP) is 1.98. The van der Waals surface area contributed by atoms with Gasteiger partial charge in [-0.25, -0.2) is 0 Å². The monoisotopic (exact) mass is 178 g/mol. The molecule has 0 aliphatic rings. The Bertz CT molecular complexity index is 554. The zero-order chi connectivity index (χ0) is 12.1. The molecule has 1 aromatic carbocycles. The fourth-order valence-corrected chi connectivity index (χ4v) is 1.67. The number of hydrogen-bond acceptors (Lipinski definition) is 1. The molecular formula is C11H13NO. The van der Waals surface area contributed by atoms with Crippen molar-refractivity contribution in [2.45, 2.75) is 13.5 Å². The predicted molar refractivity (Wildman–Crippen MR) is 53.6 cm³/mol. The van der Waals surface area contributed by atoms with Crippen LogP contribution in [0, 0.1) is 6.92 Å². The summed E-state index contributed by atoms with van der Waals surface area (Å²) >= 11 is 0. The van der Waals surface area contributed by atoms with Crippen molar-refractivity contribution in [3.8, 4) is 0 Å². The van der Waals surface area contributed by atoms with Crippen LogP contribution in [0.4, 0.5) is 0 Å². The Hall–Kier alpha value is -1.28. The Morgan fingerprint density at radius 1 is 1.62 bits per heavy atom. The summed E-state index contributed by atoms with van der Waals surface area (Å²) in [5.41, 5.74) is 1.67. The Labute approximate surface area is 81.6 Å². The van der Waals surface area contributed by atoms with Crippen molar-refractivity contribution >= 4 is 10.9 Å². The molecule has 13 heavy (non-hydrogen) atoms. The van der Waals surface area contributed by atoms with Crippen molar-refractivity contribution in [1.29, 1.82) is 0 Å². The summed E-state index contributed by atoms with van der Waals surface area (Å²) in [6.45, 7) is -0.613. The van der Waals surface area contributed by atoms with E-state index in [0.717, 1.165) is 5.52 Å². The first-order valence-corrected chi connectivity index (χ1v) is 4.11. The first kappa shape index (κ1) is 5.45. The second kappa shape index (κ2) is 2.89. The van der Waals surface area contributed by atoms with E-state index in [2.05, 4.69) is 0 Å². The van der Waals surface area contributed by atoms with Gasteiger partial charge in [0.15, 0.2) is 0 Å². The number of aryl methyl sites for hydroxylation is 2. The molecule has 2 nitrogen and oxygen atoms in total. The average molecular weight is 178 g/mol. The second-order valence-electron chi connectivity index (χ2n) is 3.11. The summed E-state index contributed by atoms with van der Waals surface area (Å²) in [7, 11) is 1.76. The molecular weight excluding hydrogens is 162 g/mol. The highest BCUT2D eigenvalue weighted by molar-refractivity contribution is 5.86. The molecule has 0 saturated carbocycles. The smallest absolute Gasteiger partial charge is 0.0821 e. The molecule has 1 N–H and O–H groups in total. The standard InChI is InChI=1S/C11H13NO/c1-8-6-12(2)10-5-3-4-9(7-13)11(8)10/h3-6,13H,7H2,1-2H3/i6D,7D2. The Morgan fingerprint density at radius 3 is 3.08 bits per heavy atom. The van der Waals surface area contributed by atoms with E-state index in [-0.39, 0.29) is 5.56 Å². The van der Waals surface area contributed by atoms with E-state index >= 15 is 0 Å². The number of rotatable bonds is 1. The van der Waals surface area contributed by atoms with Crippen molar-refractivity contribution in [2.75, 3.05) is 0 Å². The first-order valence-electron chi connectivity index (χ1n) is 5.61. The first-order chi connectivity index (χ1) is 7.34. The molecule has 68 valence electrons. The van der Waals surface area contributed by atoms with Gasteiger partial charge in [-0.15, -0.1) is 0 Å². The van der Waals surface area contributed by atoms with Crippen LogP contribution in [0.15, 0.2) is 24.4 Å². The molecule has 0 unspecified atom stereocenters. The van der Waals surface area contributed by atoms with E-state index in [9.17, 15) is 5.11 Å². The number of aliphatic hydroxyl groups is 1. The summed E-state index contributed by atoms with van der Waals surface area (Å²) in [4.78, 5) is 0. The van der Waals surface area contributed by atoms with Crippen molar-refractivity contribution in [2.24, 2.45) is 7.05 Å². The lowest BCUT2D eigenvalue weighted by molar-refractivity contribution is 0.283. The zero-order valence-electron chi connectivity index (χ0n) is 10.6. The zero-order valence-corrected chi connectivity index (χ0v) is 7.63. The van der Waals surface area contributed by atoms with Gasteiger partial charge in [-0.05, 0) is 24.1 Å². The van der Waals surface area contributed by atoms with E-state index in [0.29, 0.717) is 17.1 Å². The molecule has 0 saturated heterocycles. The quantitative estimate of drug-likeness (QED) is 0.709. The summed E-state index contributed by atoms with van der Waals surface area (Å²) < 4.78 is 24.3. The van der Waals surface area contributed by atoms with Crippen LogP contribution < -0.4 is 0 Å². The number of benzene rings is 1. The van der Waals surface area contributed by atoms with Gasteiger partial charge in [0.1, 0.15) is 0 Å². The van der Waals surface area contributed by atoms with E-state index < -0.39 is 6.56 Å². The molecule has 0 atom stereocenters. The Morgan fingerprint density at radius 2 is 2.38 bits per heavy atom. The number of hydrogen-bond donors (Lipinski definition) is 1. The molecule has 1 heterocycles. The van der Waals surface area contributed by atoms with Gasteiger partial charge in [-0.1, -0.05) is 12.1 Å². The molecule has 0 aliphatic carbocycles. The van der Waals surface area contributed by atoms with Crippen molar-refractivity contribution in [3.63, 3.8) is 0 Å². The van der Waals surface area contributed by atoms with Crippen LogP contribution in [-0.4, -0.2) is 9.67 Å². The molecule has 0 spiro atoms. The molecule has 2 aromatic rings. The van der Waals surface area contributed by atoms with Gasteiger partial charge in [0.25, 0.3) is 0 Å². The highest BCUT2D eigenvalue weighted by atomic mass is 16.3. The van der Waals surface area contributed by atoms with E-state index in [1.54, 1.807) is 30.7 Å². The maximum absolute atomic E-state index is 9.47.